The van der Waals surface area contributed by atoms with E-state index in [1.54, 1.807) is 0 Å². The molecule has 0 aliphatic carbocycles. The van der Waals surface area contributed by atoms with Crippen LogP contribution in [0.3, 0.4) is 0 Å². The van der Waals surface area contributed by atoms with Crippen molar-refractivity contribution in [1.29, 1.82) is 0 Å². The maximum atomic E-state index is 11.9. The van der Waals surface area contributed by atoms with Crippen LogP contribution in [0.5, 0.6) is 5.75 Å². The number of nitrogens with zero attached hydrogens (tertiary/aromatic N) is 1. The molecular weight excluding hydrogens is 338 g/mol. The van der Waals surface area contributed by atoms with Gasteiger partial charge in [-0.3, -0.25) is 4.90 Å². The number of halogens is 1. The third-order valence-corrected chi connectivity index (χ3v) is 4.62. The normalized spacial score (nSPS) is 11.4. The molecule has 0 atom stereocenters. The summed E-state index contributed by atoms with van der Waals surface area (Å²) in [5.74, 6) is 0.153. The van der Waals surface area contributed by atoms with Crippen molar-refractivity contribution < 1.29 is 9.52 Å². The molecule has 3 rings (SSSR count). The van der Waals surface area contributed by atoms with Crippen molar-refractivity contribution in [3.8, 4) is 5.75 Å². The first kappa shape index (κ1) is 17.5. The molecule has 0 unspecified atom stereocenters. The SMILES string of the molecule is CCc1cc2c(CN(C)Cc3ccccc3Cl)cc(=O)oc2cc1O. The molecular formula is C20H20ClNO3. The molecule has 0 fully saturated rings. The van der Waals surface area contributed by atoms with Gasteiger partial charge in [0.05, 0.1) is 0 Å². The summed E-state index contributed by atoms with van der Waals surface area (Å²) >= 11 is 6.23. The maximum absolute atomic E-state index is 11.9. The van der Waals surface area contributed by atoms with Crippen molar-refractivity contribution in [2.45, 2.75) is 26.4 Å². The van der Waals surface area contributed by atoms with Crippen LogP contribution in [0, 0.1) is 0 Å². The van der Waals surface area contributed by atoms with E-state index in [1.165, 1.54) is 12.1 Å². The minimum atomic E-state index is -0.419. The highest BCUT2D eigenvalue weighted by atomic mass is 35.5. The lowest BCUT2D eigenvalue weighted by atomic mass is 10.0. The highest BCUT2D eigenvalue weighted by Crippen LogP contribution is 2.27. The van der Waals surface area contributed by atoms with E-state index >= 15 is 0 Å². The Labute approximate surface area is 151 Å². The summed E-state index contributed by atoms with van der Waals surface area (Å²) in [7, 11) is 1.98. The summed E-state index contributed by atoms with van der Waals surface area (Å²) in [6.07, 6.45) is 0.704. The van der Waals surface area contributed by atoms with Crippen LogP contribution in [0.25, 0.3) is 11.0 Å². The molecule has 0 amide bonds. The second kappa shape index (κ2) is 7.30. The molecule has 25 heavy (non-hydrogen) atoms. The zero-order valence-electron chi connectivity index (χ0n) is 14.3. The van der Waals surface area contributed by atoms with Gasteiger partial charge in [0.25, 0.3) is 0 Å². The highest BCUT2D eigenvalue weighted by molar-refractivity contribution is 6.31. The van der Waals surface area contributed by atoms with E-state index in [0.29, 0.717) is 25.1 Å². The van der Waals surface area contributed by atoms with Gasteiger partial charge in [-0.2, -0.15) is 0 Å². The standard InChI is InChI=1S/C20H20ClNO3/c1-3-13-8-16-15(9-20(24)25-19(16)10-18(13)23)12-22(2)11-14-6-4-5-7-17(14)21/h4-10,23H,3,11-12H2,1-2H3. The monoisotopic (exact) mass is 357 g/mol. The predicted molar refractivity (Wildman–Crippen MR) is 100 cm³/mol. The van der Waals surface area contributed by atoms with Gasteiger partial charge in [-0.1, -0.05) is 36.7 Å². The van der Waals surface area contributed by atoms with E-state index in [2.05, 4.69) is 4.90 Å². The molecule has 3 aromatic rings. The van der Waals surface area contributed by atoms with Crippen molar-refractivity contribution in [1.82, 2.24) is 4.90 Å². The number of aryl methyl sites for hydroxylation is 1. The van der Waals surface area contributed by atoms with Crippen LogP contribution in [0.1, 0.15) is 23.6 Å². The molecule has 0 aliphatic rings. The number of phenols is 1. The van der Waals surface area contributed by atoms with E-state index in [0.717, 1.165) is 27.1 Å². The molecule has 0 saturated heterocycles. The van der Waals surface area contributed by atoms with Gasteiger partial charge < -0.3 is 9.52 Å². The van der Waals surface area contributed by atoms with Gasteiger partial charge in [-0.05, 0) is 42.3 Å². The van der Waals surface area contributed by atoms with E-state index in [1.807, 2.05) is 44.3 Å². The minimum Gasteiger partial charge on any atom is -0.508 e. The van der Waals surface area contributed by atoms with E-state index in [9.17, 15) is 9.90 Å². The number of benzene rings is 2. The number of aromatic hydroxyl groups is 1. The van der Waals surface area contributed by atoms with E-state index in [4.69, 9.17) is 16.0 Å². The van der Waals surface area contributed by atoms with Gasteiger partial charge >= 0.3 is 5.63 Å². The molecule has 4 nitrogen and oxygen atoms in total. The minimum absolute atomic E-state index is 0.153. The number of phenolic OH excluding ortho intramolecular Hbond substituents is 1. The summed E-state index contributed by atoms with van der Waals surface area (Å²) in [6.45, 7) is 3.21. The summed E-state index contributed by atoms with van der Waals surface area (Å²) < 4.78 is 5.25. The molecule has 1 N–H and O–H groups in total. The second-order valence-corrected chi connectivity index (χ2v) is 6.59. The lowest BCUT2D eigenvalue weighted by Crippen LogP contribution is -2.18. The van der Waals surface area contributed by atoms with Crippen LogP contribution in [0.2, 0.25) is 5.02 Å². The Morgan fingerprint density at radius 1 is 1.08 bits per heavy atom. The summed E-state index contributed by atoms with van der Waals surface area (Å²) in [4.78, 5) is 14.0. The molecule has 1 heterocycles. The van der Waals surface area contributed by atoms with Crippen LogP contribution < -0.4 is 5.63 Å². The first-order chi connectivity index (χ1) is 12.0. The molecule has 0 saturated carbocycles. The Hall–Kier alpha value is -2.30. The molecule has 5 heteroatoms. The summed E-state index contributed by atoms with van der Waals surface area (Å²) in [5.41, 5.74) is 2.72. The van der Waals surface area contributed by atoms with E-state index < -0.39 is 5.63 Å². The largest absolute Gasteiger partial charge is 0.508 e. The first-order valence-electron chi connectivity index (χ1n) is 8.18. The average Bonchev–Trinajstić information content (AvgIpc) is 2.56. The third-order valence-electron chi connectivity index (χ3n) is 4.25. The summed E-state index contributed by atoms with van der Waals surface area (Å²) in [5, 5.41) is 11.6. The Balaban J connectivity index is 1.95. The Kier molecular flexibility index (Phi) is 5.11. The molecule has 1 aromatic heterocycles. The molecule has 0 bridgehead atoms. The molecule has 0 aliphatic heterocycles. The highest BCUT2D eigenvalue weighted by Gasteiger charge is 2.12. The molecule has 0 radical (unpaired) electrons. The van der Waals surface area contributed by atoms with Crippen molar-refractivity contribution in [2.75, 3.05) is 7.05 Å². The van der Waals surface area contributed by atoms with Crippen LogP contribution >= 0.6 is 11.6 Å². The second-order valence-electron chi connectivity index (χ2n) is 6.19. The zero-order chi connectivity index (χ0) is 18.0. The van der Waals surface area contributed by atoms with Crippen molar-refractivity contribution in [3.63, 3.8) is 0 Å². The number of hydrogen-bond acceptors (Lipinski definition) is 4. The Morgan fingerprint density at radius 3 is 2.52 bits per heavy atom. The van der Waals surface area contributed by atoms with Gasteiger partial charge in [-0.15, -0.1) is 0 Å². The zero-order valence-corrected chi connectivity index (χ0v) is 15.0. The molecule has 2 aromatic carbocycles. The van der Waals surface area contributed by atoms with Gasteiger partial charge in [0.15, 0.2) is 0 Å². The van der Waals surface area contributed by atoms with E-state index in [-0.39, 0.29) is 5.75 Å². The van der Waals surface area contributed by atoms with Crippen LogP contribution in [0.15, 0.2) is 51.7 Å². The first-order valence-corrected chi connectivity index (χ1v) is 8.56. The quantitative estimate of drug-likeness (QED) is 0.690. The van der Waals surface area contributed by atoms with Crippen molar-refractivity contribution >= 4 is 22.6 Å². The maximum Gasteiger partial charge on any atom is 0.336 e. The Bertz CT molecular complexity index is 965. The topological polar surface area (TPSA) is 53.7 Å². The predicted octanol–water partition coefficient (Wildman–Crippen LogP) is 4.35. The molecule has 130 valence electrons. The van der Waals surface area contributed by atoms with Crippen LogP contribution in [-0.4, -0.2) is 17.1 Å². The lowest BCUT2D eigenvalue weighted by Gasteiger charge is -2.18. The fourth-order valence-electron chi connectivity index (χ4n) is 2.99. The third kappa shape index (κ3) is 3.86. The van der Waals surface area contributed by atoms with Gasteiger partial charge in [-0.25, -0.2) is 4.79 Å². The molecule has 0 spiro atoms. The van der Waals surface area contributed by atoms with Crippen molar-refractivity contribution in [3.05, 3.63) is 74.6 Å². The van der Waals surface area contributed by atoms with Crippen LogP contribution in [0.4, 0.5) is 0 Å². The number of hydrogen-bond donors (Lipinski definition) is 1. The lowest BCUT2D eigenvalue weighted by molar-refractivity contribution is 0.319. The van der Waals surface area contributed by atoms with Gasteiger partial charge in [0, 0.05) is 35.6 Å². The fourth-order valence-corrected chi connectivity index (χ4v) is 3.18. The van der Waals surface area contributed by atoms with Crippen LogP contribution in [-0.2, 0) is 19.5 Å². The smallest absolute Gasteiger partial charge is 0.336 e. The number of fused-ring (bicyclic) bond motifs is 1. The van der Waals surface area contributed by atoms with Gasteiger partial charge in [0.2, 0.25) is 0 Å². The van der Waals surface area contributed by atoms with Gasteiger partial charge in [0.1, 0.15) is 11.3 Å². The fraction of sp³-hybridized carbons (Fsp3) is 0.250. The Morgan fingerprint density at radius 2 is 1.80 bits per heavy atom. The average molecular weight is 358 g/mol. The number of rotatable bonds is 5. The van der Waals surface area contributed by atoms with Crippen molar-refractivity contribution in [2.24, 2.45) is 0 Å². The summed E-state index contributed by atoms with van der Waals surface area (Å²) in [6, 6.07) is 12.6.